The number of carbonyl (C=O) groups is 1. The number of rotatable bonds is 3. The maximum atomic E-state index is 12.8. The van der Waals surface area contributed by atoms with Gasteiger partial charge in [0, 0.05) is 15.5 Å². The van der Waals surface area contributed by atoms with E-state index in [2.05, 4.69) is 4.98 Å². The van der Waals surface area contributed by atoms with Crippen molar-refractivity contribution in [2.75, 3.05) is 0 Å². The first-order valence-corrected chi connectivity index (χ1v) is 6.44. The van der Waals surface area contributed by atoms with E-state index in [0.717, 1.165) is 10.6 Å². The minimum absolute atomic E-state index is 0.194. The summed E-state index contributed by atoms with van der Waals surface area (Å²) in [6.07, 6.45) is 0. The Labute approximate surface area is 114 Å². The van der Waals surface area contributed by atoms with Crippen molar-refractivity contribution in [3.05, 3.63) is 53.1 Å². The fourth-order valence-electron chi connectivity index (χ4n) is 1.76. The average Bonchev–Trinajstić information content (AvgIpc) is 2.30. The number of benzene rings is 1. The number of carboxylic acids is 1. The van der Waals surface area contributed by atoms with Crippen molar-refractivity contribution < 1.29 is 14.3 Å². The second-order valence-corrected chi connectivity index (χ2v) is 5.20. The van der Waals surface area contributed by atoms with Crippen molar-refractivity contribution in [1.29, 1.82) is 0 Å². The number of pyridine rings is 1. The number of nitrogens with zero attached hydrogens (tertiary/aromatic N) is 1. The van der Waals surface area contributed by atoms with Crippen molar-refractivity contribution >= 4 is 17.7 Å². The van der Waals surface area contributed by atoms with Crippen LogP contribution in [-0.4, -0.2) is 16.1 Å². The molecule has 98 valence electrons. The van der Waals surface area contributed by atoms with E-state index in [4.69, 9.17) is 0 Å². The summed E-state index contributed by atoms with van der Waals surface area (Å²) in [5, 5.41) is 9.25. The standard InChI is InChI=1S/C14H12FNO2S/c1-8-7-12(13(14(17)18)9(2)16-8)19-11-5-3-10(15)4-6-11/h3-7H,1-2H3,(H,17,18). The van der Waals surface area contributed by atoms with Gasteiger partial charge in [0.15, 0.2) is 0 Å². The molecule has 0 aliphatic heterocycles. The highest BCUT2D eigenvalue weighted by Gasteiger charge is 2.16. The molecule has 0 saturated heterocycles. The molecule has 0 fully saturated rings. The third-order valence-corrected chi connectivity index (χ3v) is 3.60. The summed E-state index contributed by atoms with van der Waals surface area (Å²) in [6.45, 7) is 3.48. The first kappa shape index (κ1) is 13.5. The summed E-state index contributed by atoms with van der Waals surface area (Å²) < 4.78 is 12.8. The Kier molecular flexibility index (Phi) is 3.85. The second kappa shape index (κ2) is 5.40. The largest absolute Gasteiger partial charge is 0.478 e. The molecule has 0 saturated carbocycles. The molecule has 1 heterocycles. The number of hydrogen-bond donors (Lipinski definition) is 1. The first-order valence-electron chi connectivity index (χ1n) is 5.62. The molecule has 5 heteroatoms. The van der Waals surface area contributed by atoms with Crippen molar-refractivity contribution in [3.63, 3.8) is 0 Å². The Morgan fingerprint density at radius 3 is 2.47 bits per heavy atom. The molecule has 2 aromatic rings. The van der Waals surface area contributed by atoms with Crippen molar-refractivity contribution in [2.24, 2.45) is 0 Å². The maximum absolute atomic E-state index is 12.8. The Balaban J connectivity index is 2.44. The van der Waals surface area contributed by atoms with E-state index in [9.17, 15) is 14.3 Å². The lowest BCUT2D eigenvalue weighted by Crippen LogP contribution is -2.05. The molecule has 0 atom stereocenters. The van der Waals surface area contributed by atoms with Crippen LogP contribution in [0.25, 0.3) is 0 Å². The van der Waals surface area contributed by atoms with Gasteiger partial charge in [0.1, 0.15) is 5.82 Å². The molecular weight excluding hydrogens is 265 g/mol. The van der Waals surface area contributed by atoms with Gasteiger partial charge >= 0.3 is 5.97 Å². The molecule has 1 aromatic carbocycles. The van der Waals surface area contributed by atoms with E-state index in [-0.39, 0.29) is 11.4 Å². The molecule has 3 nitrogen and oxygen atoms in total. The van der Waals surface area contributed by atoms with Gasteiger partial charge in [0.05, 0.1) is 11.3 Å². The highest BCUT2D eigenvalue weighted by Crippen LogP contribution is 2.32. The summed E-state index contributed by atoms with van der Waals surface area (Å²) in [6, 6.07) is 7.67. The fraction of sp³-hybridized carbons (Fsp3) is 0.143. The Bertz CT molecular complexity index is 626. The van der Waals surface area contributed by atoms with Gasteiger partial charge in [-0.25, -0.2) is 9.18 Å². The molecule has 1 aromatic heterocycles. The second-order valence-electron chi connectivity index (χ2n) is 4.08. The third-order valence-electron chi connectivity index (χ3n) is 2.55. The zero-order valence-corrected chi connectivity index (χ0v) is 11.3. The summed E-state index contributed by atoms with van der Waals surface area (Å²) in [5.74, 6) is -1.32. The lowest BCUT2D eigenvalue weighted by Gasteiger charge is -2.09. The van der Waals surface area contributed by atoms with Gasteiger partial charge in [-0.15, -0.1) is 0 Å². The minimum Gasteiger partial charge on any atom is -0.478 e. The number of aryl methyl sites for hydroxylation is 2. The van der Waals surface area contributed by atoms with E-state index in [1.54, 1.807) is 25.1 Å². The van der Waals surface area contributed by atoms with Crippen molar-refractivity contribution in [3.8, 4) is 0 Å². The predicted octanol–water partition coefficient (Wildman–Crippen LogP) is 3.69. The fourth-order valence-corrected chi connectivity index (χ4v) is 2.86. The zero-order valence-electron chi connectivity index (χ0n) is 10.5. The van der Waals surface area contributed by atoms with Gasteiger partial charge < -0.3 is 5.11 Å². The van der Waals surface area contributed by atoms with Crippen LogP contribution in [0.4, 0.5) is 4.39 Å². The van der Waals surface area contributed by atoms with E-state index in [1.165, 1.54) is 23.9 Å². The van der Waals surface area contributed by atoms with Crippen LogP contribution in [0, 0.1) is 19.7 Å². The molecule has 1 N–H and O–H groups in total. The molecule has 0 bridgehead atoms. The molecule has 0 radical (unpaired) electrons. The number of aromatic nitrogens is 1. The predicted molar refractivity (Wildman–Crippen MR) is 71.2 cm³/mol. The third kappa shape index (κ3) is 3.12. The van der Waals surface area contributed by atoms with Crippen LogP contribution in [0.1, 0.15) is 21.7 Å². The van der Waals surface area contributed by atoms with Gasteiger partial charge in [0.25, 0.3) is 0 Å². The van der Waals surface area contributed by atoms with E-state index >= 15 is 0 Å². The quantitative estimate of drug-likeness (QED) is 0.929. The molecule has 2 rings (SSSR count). The van der Waals surface area contributed by atoms with Gasteiger partial charge in [-0.05, 0) is 44.2 Å². The summed E-state index contributed by atoms with van der Waals surface area (Å²) in [4.78, 5) is 16.8. The summed E-state index contributed by atoms with van der Waals surface area (Å²) >= 11 is 1.29. The van der Waals surface area contributed by atoms with Crippen LogP contribution in [0.2, 0.25) is 0 Å². The van der Waals surface area contributed by atoms with Gasteiger partial charge in [0.2, 0.25) is 0 Å². The van der Waals surface area contributed by atoms with Crippen LogP contribution in [-0.2, 0) is 0 Å². The smallest absolute Gasteiger partial charge is 0.338 e. The Morgan fingerprint density at radius 1 is 1.26 bits per heavy atom. The highest BCUT2D eigenvalue weighted by atomic mass is 32.2. The molecule has 0 aliphatic carbocycles. The number of hydrogen-bond acceptors (Lipinski definition) is 3. The average molecular weight is 277 g/mol. The van der Waals surface area contributed by atoms with Crippen LogP contribution < -0.4 is 0 Å². The maximum Gasteiger partial charge on any atom is 0.338 e. The summed E-state index contributed by atoms with van der Waals surface area (Å²) in [7, 11) is 0. The highest BCUT2D eigenvalue weighted by molar-refractivity contribution is 7.99. The molecule has 0 aliphatic rings. The normalized spacial score (nSPS) is 10.5. The van der Waals surface area contributed by atoms with Crippen molar-refractivity contribution in [1.82, 2.24) is 4.98 Å². The Morgan fingerprint density at radius 2 is 1.89 bits per heavy atom. The van der Waals surface area contributed by atoms with Crippen LogP contribution >= 0.6 is 11.8 Å². The molecule has 0 unspecified atom stereocenters. The van der Waals surface area contributed by atoms with E-state index < -0.39 is 5.97 Å². The summed E-state index contributed by atoms with van der Waals surface area (Å²) in [5.41, 5.74) is 1.43. The van der Waals surface area contributed by atoms with Crippen LogP contribution in [0.15, 0.2) is 40.1 Å². The van der Waals surface area contributed by atoms with Crippen molar-refractivity contribution in [2.45, 2.75) is 23.6 Å². The number of carboxylic acid groups (broad SMARTS) is 1. The van der Waals surface area contributed by atoms with Crippen LogP contribution in [0.3, 0.4) is 0 Å². The number of halogens is 1. The molecule has 0 spiro atoms. The topological polar surface area (TPSA) is 50.2 Å². The zero-order chi connectivity index (χ0) is 14.0. The van der Waals surface area contributed by atoms with E-state index in [0.29, 0.717) is 10.6 Å². The van der Waals surface area contributed by atoms with Gasteiger partial charge in [-0.1, -0.05) is 11.8 Å². The van der Waals surface area contributed by atoms with Crippen LogP contribution in [0.5, 0.6) is 0 Å². The molecule has 0 amide bonds. The SMILES string of the molecule is Cc1cc(Sc2ccc(F)cc2)c(C(=O)O)c(C)n1. The van der Waals surface area contributed by atoms with E-state index in [1.807, 2.05) is 6.92 Å². The lowest BCUT2D eigenvalue weighted by atomic mass is 10.2. The molecule has 19 heavy (non-hydrogen) atoms. The molecular formula is C14H12FNO2S. The monoisotopic (exact) mass is 277 g/mol. The lowest BCUT2D eigenvalue weighted by molar-refractivity contribution is 0.0691. The minimum atomic E-state index is -1.00. The van der Waals surface area contributed by atoms with Gasteiger partial charge in [-0.3, -0.25) is 4.98 Å². The Hall–Kier alpha value is -1.88. The van der Waals surface area contributed by atoms with Gasteiger partial charge in [-0.2, -0.15) is 0 Å². The first-order chi connectivity index (χ1) is 8.97. The number of aromatic carboxylic acids is 1.